The molecule has 164 valence electrons. The molecule has 2 aliphatic heterocycles. The van der Waals surface area contributed by atoms with Crippen molar-refractivity contribution in [2.75, 3.05) is 19.6 Å². The summed E-state index contributed by atoms with van der Waals surface area (Å²) < 4.78 is 6.00. The molecule has 9 nitrogen and oxygen atoms in total. The van der Waals surface area contributed by atoms with Crippen LogP contribution in [0.5, 0.6) is 11.5 Å². The number of benzene rings is 2. The average Bonchev–Trinajstić information content (AvgIpc) is 3.33. The number of carboxylic acid groups (broad SMARTS) is 1. The molecule has 0 bridgehead atoms. The Morgan fingerprint density at radius 2 is 2.00 bits per heavy atom. The summed E-state index contributed by atoms with van der Waals surface area (Å²) in [6.45, 7) is 3.62. The fraction of sp³-hybridized carbons (Fsp3) is 0.261. The molecule has 2 aliphatic rings. The Kier molecular flexibility index (Phi) is 4.82. The van der Waals surface area contributed by atoms with E-state index in [2.05, 4.69) is 15.1 Å². The second-order valence-corrected chi connectivity index (χ2v) is 8.05. The molecule has 1 fully saturated rings. The van der Waals surface area contributed by atoms with E-state index >= 15 is 0 Å². The van der Waals surface area contributed by atoms with Crippen molar-refractivity contribution in [2.24, 2.45) is 10.2 Å². The predicted molar refractivity (Wildman–Crippen MR) is 118 cm³/mol. The molecule has 5 rings (SSSR count). The number of fused-ring (bicyclic) bond motifs is 2. The molecule has 0 radical (unpaired) electrons. The lowest BCUT2D eigenvalue weighted by Crippen LogP contribution is -2.52. The maximum absolute atomic E-state index is 11.3. The molecule has 1 amide bonds. The molecule has 1 aromatic heterocycles. The van der Waals surface area contributed by atoms with Crippen molar-refractivity contribution in [3.05, 3.63) is 53.3 Å². The summed E-state index contributed by atoms with van der Waals surface area (Å²) in [5.41, 5.74) is 3.12. The van der Waals surface area contributed by atoms with E-state index in [1.165, 1.54) is 11.0 Å². The van der Waals surface area contributed by atoms with Crippen LogP contribution in [0.2, 0.25) is 0 Å². The smallest absolute Gasteiger partial charge is 0.407 e. The third-order valence-corrected chi connectivity index (χ3v) is 6.05. The average molecular weight is 434 g/mol. The molecule has 9 heteroatoms. The van der Waals surface area contributed by atoms with Crippen LogP contribution < -0.4 is 0 Å². The van der Waals surface area contributed by atoms with Crippen molar-refractivity contribution in [2.45, 2.75) is 19.5 Å². The molecular weight excluding hydrogens is 412 g/mol. The molecule has 3 N–H and O–H groups in total. The maximum atomic E-state index is 11.3. The van der Waals surface area contributed by atoms with Crippen LogP contribution in [-0.2, 0) is 6.54 Å². The fourth-order valence-electron chi connectivity index (χ4n) is 4.24. The molecule has 2 aromatic carbocycles. The Morgan fingerprint density at radius 1 is 1.19 bits per heavy atom. The highest BCUT2D eigenvalue weighted by Gasteiger charge is 2.28. The van der Waals surface area contributed by atoms with Crippen molar-refractivity contribution < 1.29 is 24.5 Å². The highest BCUT2D eigenvalue weighted by Crippen LogP contribution is 2.42. The van der Waals surface area contributed by atoms with Gasteiger partial charge in [-0.1, -0.05) is 18.2 Å². The lowest BCUT2D eigenvalue weighted by atomic mass is 10.1. The standard InChI is InChI=1S/C23H22N4O5/c1-13-11-27(23(30)31)9-8-26(13)12-16-19(28)7-6-15-21(29)20(32-22(15)16)10-18-14-4-2-3-5-17(14)24-25-18/h2-7,10,13,28-29H,8-9,11-12H2,1H3,(H,30,31). The second-order valence-electron chi connectivity index (χ2n) is 8.05. The SMILES string of the molecule is CC1CN(C(=O)O)CCN1Cc1c(O)ccc2c(O)c(C=C3N=Nc4ccccc43)oc12. The van der Waals surface area contributed by atoms with Crippen LogP contribution in [0.4, 0.5) is 10.5 Å². The van der Waals surface area contributed by atoms with E-state index in [-0.39, 0.29) is 23.3 Å². The van der Waals surface area contributed by atoms with E-state index < -0.39 is 6.09 Å². The zero-order valence-electron chi connectivity index (χ0n) is 17.4. The van der Waals surface area contributed by atoms with Gasteiger partial charge in [-0.15, -0.1) is 10.2 Å². The third-order valence-electron chi connectivity index (χ3n) is 6.05. The normalized spacial score (nSPS) is 19.7. The van der Waals surface area contributed by atoms with Crippen LogP contribution in [0.15, 0.2) is 51.0 Å². The number of carbonyl (C=O) groups is 1. The molecular formula is C23H22N4O5. The summed E-state index contributed by atoms with van der Waals surface area (Å²) in [5.74, 6) is 0.266. The van der Waals surface area contributed by atoms with Gasteiger partial charge in [0, 0.05) is 43.9 Å². The number of phenols is 1. The van der Waals surface area contributed by atoms with Crippen LogP contribution >= 0.6 is 0 Å². The highest BCUT2D eigenvalue weighted by atomic mass is 16.4. The Labute approximate surface area is 183 Å². The number of hydrogen-bond donors (Lipinski definition) is 3. The summed E-state index contributed by atoms with van der Waals surface area (Å²) in [4.78, 5) is 14.7. The first-order valence-corrected chi connectivity index (χ1v) is 10.3. The zero-order chi connectivity index (χ0) is 22.4. The largest absolute Gasteiger partial charge is 0.507 e. The first-order valence-electron chi connectivity index (χ1n) is 10.3. The van der Waals surface area contributed by atoms with E-state index in [1.54, 1.807) is 12.1 Å². The molecule has 1 unspecified atom stereocenters. The molecule has 32 heavy (non-hydrogen) atoms. The summed E-state index contributed by atoms with van der Waals surface area (Å²) in [5, 5.41) is 39.4. The van der Waals surface area contributed by atoms with E-state index in [0.29, 0.717) is 48.4 Å². The van der Waals surface area contributed by atoms with E-state index in [4.69, 9.17) is 4.42 Å². The van der Waals surface area contributed by atoms with Gasteiger partial charge in [0.15, 0.2) is 11.5 Å². The van der Waals surface area contributed by atoms with E-state index in [9.17, 15) is 20.1 Å². The molecule has 0 saturated carbocycles. The summed E-state index contributed by atoms with van der Waals surface area (Å²) >= 11 is 0. The second kappa shape index (κ2) is 7.69. The number of nitrogens with zero attached hydrogens (tertiary/aromatic N) is 4. The van der Waals surface area contributed by atoms with Gasteiger partial charge in [-0.3, -0.25) is 4.90 Å². The van der Waals surface area contributed by atoms with Crippen LogP contribution in [0.3, 0.4) is 0 Å². The Balaban J connectivity index is 1.49. The van der Waals surface area contributed by atoms with Crippen LogP contribution in [0, 0.1) is 0 Å². The lowest BCUT2D eigenvalue weighted by Gasteiger charge is -2.38. The van der Waals surface area contributed by atoms with Gasteiger partial charge in [0.05, 0.1) is 22.3 Å². The number of rotatable bonds is 3. The Bertz CT molecular complexity index is 1280. The molecule has 1 atom stereocenters. The Morgan fingerprint density at radius 3 is 2.78 bits per heavy atom. The number of azo groups is 1. The van der Waals surface area contributed by atoms with Crippen molar-refractivity contribution >= 4 is 34.5 Å². The summed E-state index contributed by atoms with van der Waals surface area (Å²) in [6, 6.07) is 10.7. The van der Waals surface area contributed by atoms with Crippen LogP contribution in [-0.4, -0.2) is 56.9 Å². The van der Waals surface area contributed by atoms with Crippen molar-refractivity contribution in [3.8, 4) is 11.5 Å². The van der Waals surface area contributed by atoms with Gasteiger partial charge in [-0.25, -0.2) is 4.79 Å². The van der Waals surface area contributed by atoms with Gasteiger partial charge in [-0.2, -0.15) is 0 Å². The van der Waals surface area contributed by atoms with Gasteiger partial charge >= 0.3 is 6.09 Å². The number of phenolic OH excluding ortho intramolecular Hbond substituents is 1. The molecule has 3 aromatic rings. The van der Waals surface area contributed by atoms with Gasteiger partial charge in [-0.05, 0) is 25.1 Å². The monoisotopic (exact) mass is 434 g/mol. The molecule has 0 aliphatic carbocycles. The number of hydrogen-bond acceptors (Lipinski definition) is 7. The van der Waals surface area contributed by atoms with Gasteiger partial charge in [0.25, 0.3) is 0 Å². The van der Waals surface area contributed by atoms with Crippen LogP contribution in [0.1, 0.15) is 23.8 Å². The number of aromatic hydroxyl groups is 2. The maximum Gasteiger partial charge on any atom is 0.407 e. The lowest BCUT2D eigenvalue weighted by molar-refractivity contribution is 0.0708. The van der Waals surface area contributed by atoms with E-state index in [0.717, 1.165) is 11.3 Å². The predicted octanol–water partition coefficient (Wildman–Crippen LogP) is 4.62. The minimum absolute atomic E-state index is 0.0305. The fourth-order valence-corrected chi connectivity index (χ4v) is 4.24. The molecule has 1 saturated heterocycles. The number of furan rings is 1. The summed E-state index contributed by atoms with van der Waals surface area (Å²) in [7, 11) is 0. The van der Waals surface area contributed by atoms with E-state index in [1.807, 2.05) is 31.2 Å². The third kappa shape index (κ3) is 3.36. The van der Waals surface area contributed by atoms with Gasteiger partial charge in [0.1, 0.15) is 11.3 Å². The molecule has 0 spiro atoms. The minimum atomic E-state index is -0.930. The zero-order valence-corrected chi connectivity index (χ0v) is 17.4. The van der Waals surface area contributed by atoms with Crippen molar-refractivity contribution in [1.82, 2.24) is 9.80 Å². The number of amides is 1. The van der Waals surface area contributed by atoms with Gasteiger partial charge < -0.3 is 24.6 Å². The summed E-state index contributed by atoms with van der Waals surface area (Å²) in [6.07, 6.45) is 0.709. The quantitative estimate of drug-likeness (QED) is 0.553. The molecule has 3 heterocycles. The Hall–Kier alpha value is -3.85. The van der Waals surface area contributed by atoms with Crippen molar-refractivity contribution in [1.29, 1.82) is 0 Å². The highest BCUT2D eigenvalue weighted by molar-refractivity contribution is 5.95. The topological polar surface area (TPSA) is 122 Å². The minimum Gasteiger partial charge on any atom is -0.507 e. The van der Waals surface area contributed by atoms with Gasteiger partial charge in [0.2, 0.25) is 0 Å². The first-order chi connectivity index (χ1) is 15.4. The number of piperazine rings is 1. The van der Waals surface area contributed by atoms with Crippen molar-refractivity contribution in [3.63, 3.8) is 0 Å². The van der Waals surface area contributed by atoms with Crippen LogP contribution in [0.25, 0.3) is 22.7 Å². The first kappa shape index (κ1) is 20.1.